The molecule has 3 aliphatic heterocycles. The molecule has 1 aromatic carbocycles. The maximum Gasteiger partial charge on any atom is 0.202 e. The lowest BCUT2D eigenvalue weighted by molar-refractivity contribution is 0.678. The Morgan fingerprint density at radius 3 is 2.92 bits per heavy atom. The molecular formula is C18H20N5S+. The van der Waals surface area contributed by atoms with Gasteiger partial charge in [-0.05, 0) is 24.3 Å². The van der Waals surface area contributed by atoms with Crippen LogP contribution in [-0.4, -0.2) is 44.5 Å². The number of anilines is 1. The molecule has 0 radical (unpaired) electrons. The van der Waals surface area contributed by atoms with Gasteiger partial charge in [0.25, 0.3) is 0 Å². The highest BCUT2D eigenvalue weighted by Gasteiger charge is 2.16. The quantitative estimate of drug-likeness (QED) is 0.515. The summed E-state index contributed by atoms with van der Waals surface area (Å²) in [6.07, 6.45) is 0. The molecule has 24 heavy (non-hydrogen) atoms. The number of nitrogens with zero attached hydrogens (tertiary/aromatic N) is 3. The molecule has 5 rings (SSSR count). The van der Waals surface area contributed by atoms with Crippen molar-refractivity contribution in [3.05, 3.63) is 41.8 Å². The van der Waals surface area contributed by atoms with E-state index in [0.717, 1.165) is 50.7 Å². The molecule has 4 aliphatic rings. The van der Waals surface area contributed by atoms with E-state index in [-0.39, 0.29) is 0 Å². The second-order valence-electron chi connectivity index (χ2n) is 6.36. The van der Waals surface area contributed by atoms with Crippen LogP contribution in [0.2, 0.25) is 0 Å². The monoisotopic (exact) mass is 338 g/mol. The van der Waals surface area contributed by atoms with E-state index in [4.69, 9.17) is 4.98 Å². The fourth-order valence-electron chi connectivity index (χ4n) is 3.45. The molecule has 6 heteroatoms. The van der Waals surface area contributed by atoms with Crippen molar-refractivity contribution in [2.75, 3.05) is 44.4 Å². The van der Waals surface area contributed by atoms with Crippen LogP contribution in [0.1, 0.15) is 0 Å². The van der Waals surface area contributed by atoms with E-state index in [9.17, 15) is 0 Å². The summed E-state index contributed by atoms with van der Waals surface area (Å²) in [5.41, 5.74) is 3.45. The van der Waals surface area contributed by atoms with Crippen LogP contribution < -0.4 is 25.5 Å². The Morgan fingerprint density at radius 2 is 2.08 bits per heavy atom. The summed E-state index contributed by atoms with van der Waals surface area (Å²) in [5.74, 6) is 0. The minimum atomic E-state index is 0.934. The highest BCUT2D eigenvalue weighted by atomic mass is 32.1. The first kappa shape index (κ1) is 14.3. The van der Waals surface area contributed by atoms with Gasteiger partial charge in [0.05, 0.1) is 34.0 Å². The van der Waals surface area contributed by atoms with Crippen LogP contribution >= 0.6 is 11.3 Å². The van der Waals surface area contributed by atoms with Crippen molar-refractivity contribution < 1.29 is 0 Å². The Kier molecular flexibility index (Phi) is 3.47. The zero-order valence-electron chi connectivity index (χ0n) is 13.5. The van der Waals surface area contributed by atoms with Crippen LogP contribution in [-0.2, 0) is 0 Å². The van der Waals surface area contributed by atoms with Crippen molar-refractivity contribution >= 4 is 27.2 Å². The van der Waals surface area contributed by atoms with Gasteiger partial charge in [-0.15, -0.1) is 11.3 Å². The molecule has 1 aliphatic carbocycles. The van der Waals surface area contributed by atoms with E-state index in [0.29, 0.717) is 0 Å². The number of rotatable bonds is 1. The Bertz CT molecular complexity index is 934. The smallest absolute Gasteiger partial charge is 0.202 e. The Morgan fingerprint density at radius 1 is 1.08 bits per heavy atom. The molecule has 2 N–H and O–H groups in total. The third-order valence-electron chi connectivity index (χ3n) is 4.80. The first-order valence-corrected chi connectivity index (χ1v) is 9.27. The van der Waals surface area contributed by atoms with E-state index in [1.165, 1.54) is 20.6 Å². The highest BCUT2D eigenvalue weighted by molar-refractivity contribution is 7.21. The fraction of sp³-hybridized carbons (Fsp3) is 0.333. The van der Waals surface area contributed by atoms with Gasteiger partial charge in [-0.2, -0.15) is 0 Å². The average Bonchev–Trinajstić information content (AvgIpc) is 3.32. The van der Waals surface area contributed by atoms with Crippen molar-refractivity contribution in [3.8, 4) is 10.6 Å². The molecule has 0 spiro atoms. The second-order valence-corrected chi connectivity index (χ2v) is 7.44. The van der Waals surface area contributed by atoms with E-state index in [1.807, 2.05) is 11.3 Å². The zero-order chi connectivity index (χ0) is 15.9. The molecule has 0 amide bonds. The summed E-state index contributed by atoms with van der Waals surface area (Å²) in [6, 6.07) is 13.2. The van der Waals surface area contributed by atoms with Gasteiger partial charge in [0.2, 0.25) is 5.36 Å². The first-order chi connectivity index (χ1) is 11.9. The van der Waals surface area contributed by atoms with Gasteiger partial charge in [0.1, 0.15) is 0 Å². The molecule has 2 fully saturated rings. The summed E-state index contributed by atoms with van der Waals surface area (Å²) >= 11 is 1.84. The van der Waals surface area contributed by atoms with Gasteiger partial charge in [0.15, 0.2) is 13.2 Å². The van der Waals surface area contributed by atoms with Crippen molar-refractivity contribution in [1.29, 1.82) is 0 Å². The number of nitrogens with one attached hydrogen (secondary N) is 2. The predicted molar refractivity (Wildman–Crippen MR) is 99.5 cm³/mol. The molecule has 2 saturated heterocycles. The summed E-state index contributed by atoms with van der Waals surface area (Å²) in [4.78, 5) is 8.49. The maximum atomic E-state index is 4.86. The average molecular weight is 338 g/mol. The molecule has 1 aromatic rings. The van der Waals surface area contributed by atoms with Crippen LogP contribution in [0.15, 0.2) is 36.4 Å². The van der Waals surface area contributed by atoms with E-state index < -0.39 is 0 Å². The number of benzene rings is 2. The number of hydrogen-bond acceptors (Lipinski definition) is 5. The molecule has 122 valence electrons. The lowest BCUT2D eigenvalue weighted by atomic mass is 10.2. The van der Waals surface area contributed by atoms with Gasteiger partial charge in [-0.3, -0.25) is 10.6 Å². The van der Waals surface area contributed by atoms with Crippen molar-refractivity contribution in [2.45, 2.75) is 0 Å². The summed E-state index contributed by atoms with van der Waals surface area (Å²) in [7, 11) is 0. The molecule has 0 unspecified atom stereocenters. The van der Waals surface area contributed by atoms with Gasteiger partial charge < -0.3 is 4.90 Å². The number of hydrogen-bond donors (Lipinski definition) is 2. The van der Waals surface area contributed by atoms with E-state index in [1.54, 1.807) is 0 Å². The summed E-state index contributed by atoms with van der Waals surface area (Å²) < 4.78 is 3.63. The highest BCUT2D eigenvalue weighted by Crippen LogP contribution is 2.32. The molecule has 0 saturated carbocycles. The summed E-state index contributed by atoms with van der Waals surface area (Å²) in [5, 5.41) is 8.06. The van der Waals surface area contributed by atoms with Crippen molar-refractivity contribution in [2.24, 2.45) is 0 Å². The number of aromatic nitrogens is 1. The molecule has 3 heterocycles. The van der Waals surface area contributed by atoms with Crippen LogP contribution in [0.5, 0.6) is 0 Å². The third-order valence-corrected chi connectivity index (χ3v) is 5.89. The van der Waals surface area contributed by atoms with Crippen molar-refractivity contribution in [1.82, 2.24) is 20.2 Å². The third kappa shape index (κ3) is 2.47. The van der Waals surface area contributed by atoms with Gasteiger partial charge in [-0.1, -0.05) is 0 Å². The van der Waals surface area contributed by atoms with E-state index in [2.05, 4.69) is 56.5 Å². The van der Waals surface area contributed by atoms with Gasteiger partial charge >= 0.3 is 0 Å². The minimum Gasteiger partial charge on any atom is -0.357 e. The molecule has 5 nitrogen and oxygen atoms in total. The largest absolute Gasteiger partial charge is 0.357 e. The lowest BCUT2D eigenvalue weighted by Gasteiger charge is -2.17. The fourth-order valence-corrected chi connectivity index (χ4v) is 4.48. The second kappa shape index (κ2) is 5.81. The Balaban J connectivity index is 1.66. The van der Waals surface area contributed by atoms with Gasteiger partial charge in [-0.25, -0.2) is 9.56 Å². The standard InChI is InChI=1S/C18H20N5S/c1-3-15-17(9-13(1)22-7-5-19-11-22)24-18-10-14(2-4-16(18)21-15)23-8-6-20-12-23/h1-4,9-10,19-20H,5-8,11-12H2/q+1. The zero-order valence-corrected chi connectivity index (χ0v) is 14.3. The Hall–Kier alpha value is -2.02. The predicted octanol–water partition coefficient (Wildman–Crippen LogP) is 1.10. The Labute approximate surface area is 144 Å². The molecule has 0 aromatic heterocycles. The summed E-state index contributed by atoms with van der Waals surface area (Å²) in [6.45, 7) is 6.13. The normalized spacial score (nSPS) is 20.4. The SMILES string of the molecule is c1cc2nc3cc/c(=[N+]4/CCNC4)cc-3sc2cc1N1CCNC1. The lowest BCUT2D eigenvalue weighted by Crippen LogP contribution is -2.28. The van der Waals surface area contributed by atoms with Crippen LogP contribution in [0, 0.1) is 0 Å². The molecular weight excluding hydrogens is 318 g/mol. The van der Waals surface area contributed by atoms with E-state index >= 15 is 0 Å². The molecule has 0 atom stereocenters. The maximum absolute atomic E-state index is 4.86. The van der Waals surface area contributed by atoms with Crippen LogP contribution in [0.4, 0.5) is 5.69 Å². The minimum absolute atomic E-state index is 0.934. The molecule has 0 bridgehead atoms. The van der Waals surface area contributed by atoms with Crippen molar-refractivity contribution in [3.63, 3.8) is 0 Å². The number of fused-ring (bicyclic) bond motifs is 2. The van der Waals surface area contributed by atoms with Gasteiger partial charge in [0, 0.05) is 30.9 Å². The van der Waals surface area contributed by atoms with Crippen LogP contribution in [0.25, 0.3) is 20.8 Å². The first-order valence-electron chi connectivity index (χ1n) is 8.46. The van der Waals surface area contributed by atoms with Crippen LogP contribution in [0.3, 0.4) is 0 Å². The topological polar surface area (TPSA) is 43.2 Å².